The first-order valence-electron chi connectivity index (χ1n) is 4.35. The fraction of sp³-hybridized carbons (Fsp3) is 0.778. The quantitative estimate of drug-likeness (QED) is 0.622. The van der Waals surface area contributed by atoms with E-state index in [0.717, 1.165) is 18.6 Å². The van der Waals surface area contributed by atoms with Crippen molar-refractivity contribution in [2.45, 2.75) is 42.5 Å². The van der Waals surface area contributed by atoms with Crippen molar-refractivity contribution >= 4 is 11.8 Å². The first kappa shape index (κ1) is 8.45. The lowest BCUT2D eigenvalue weighted by molar-refractivity contribution is 0.0748. The molecular formula is C9H14O2S. The third-order valence-corrected chi connectivity index (χ3v) is 4.13. The number of thioether (sulfide) groups is 1. The van der Waals surface area contributed by atoms with Crippen molar-refractivity contribution in [1.82, 2.24) is 0 Å². The third kappa shape index (κ3) is 1.36. The summed E-state index contributed by atoms with van der Waals surface area (Å²) in [5.41, 5.74) is 0. The molecule has 0 aromatic carbocycles. The Hall–Kier alpha value is -0.150. The van der Waals surface area contributed by atoms with Crippen LogP contribution in [0.2, 0.25) is 0 Å². The molecule has 0 radical (unpaired) electrons. The van der Waals surface area contributed by atoms with Gasteiger partial charge in [0.25, 0.3) is 0 Å². The second-order valence-corrected chi connectivity index (χ2v) is 5.20. The maximum Gasteiger partial charge on any atom is 0.113 e. The van der Waals surface area contributed by atoms with Gasteiger partial charge in [0.15, 0.2) is 0 Å². The van der Waals surface area contributed by atoms with Gasteiger partial charge in [-0.3, -0.25) is 0 Å². The summed E-state index contributed by atoms with van der Waals surface area (Å²) in [5.74, 6) is 0.888. The molecule has 2 saturated heterocycles. The molecule has 68 valence electrons. The molecule has 2 aliphatic rings. The van der Waals surface area contributed by atoms with E-state index >= 15 is 0 Å². The highest BCUT2D eigenvalue weighted by Crippen LogP contribution is 2.41. The number of aliphatic hydroxyl groups is 1. The van der Waals surface area contributed by atoms with E-state index < -0.39 is 0 Å². The molecule has 2 fully saturated rings. The van der Waals surface area contributed by atoms with Gasteiger partial charge >= 0.3 is 0 Å². The predicted octanol–water partition coefficient (Wildman–Crippen LogP) is 1.54. The SMILES string of the molecule is C=C1C[C@@H]2S[C@@H](C)[C@H](O)C[C@@H]2O1. The lowest BCUT2D eigenvalue weighted by Crippen LogP contribution is -2.37. The number of fused-ring (bicyclic) bond motifs is 1. The standard InChI is InChI=1S/C9H14O2S/c1-5-3-9-8(11-5)4-7(10)6(2)12-9/h6-10H,1,3-4H2,2H3/t6-,7+,8-,9-/m0/s1. The van der Waals surface area contributed by atoms with E-state index in [2.05, 4.69) is 13.5 Å². The van der Waals surface area contributed by atoms with E-state index in [1.807, 2.05) is 11.8 Å². The molecule has 1 N–H and O–H groups in total. The minimum absolute atomic E-state index is 0.206. The summed E-state index contributed by atoms with van der Waals surface area (Å²) in [7, 11) is 0. The number of rotatable bonds is 0. The summed E-state index contributed by atoms with van der Waals surface area (Å²) in [5, 5.41) is 10.5. The van der Waals surface area contributed by atoms with Crippen molar-refractivity contribution in [1.29, 1.82) is 0 Å². The number of hydrogen-bond acceptors (Lipinski definition) is 3. The van der Waals surface area contributed by atoms with Crippen molar-refractivity contribution in [2.75, 3.05) is 0 Å². The summed E-state index contributed by atoms with van der Waals surface area (Å²) >= 11 is 1.83. The Morgan fingerprint density at radius 2 is 2.42 bits per heavy atom. The Morgan fingerprint density at radius 3 is 3.17 bits per heavy atom. The molecule has 0 unspecified atom stereocenters. The molecule has 12 heavy (non-hydrogen) atoms. The summed E-state index contributed by atoms with van der Waals surface area (Å²) in [4.78, 5) is 0. The van der Waals surface area contributed by atoms with E-state index in [1.165, 1.54) is 0 Å². The molecule has 0 amide bonds. The van der Waals surface area contributed by atoms with Crippen LogP contribution in [0.5, 0.6) is 0 Å². The van der Waals surface area contributed by atoms with Crippen LogP contribution >= 0.6 is 11.8 Å². The molecule has 0 aromatic rings. The average Bonchev–Trinajstić information content (AvgIpc) is 2.30. The summed E-state index contributed by atoms with van der Waals surface area (Å²) in [6, 6.07) is 0. The van der Waals surface area contributed by atoms with Crippen LogP contribution in [0, 0.1) is 0 Å². The topological polar surface area (TPSA) is 29.5 Å². The van der Waals surface area contributed by atoms with E-state index in [-0.39, 0.29) is 12.2 Å². The van der Waals surface area contributed by atoms with Crippen LogP contribution in [0.4, 0.5) is 0 Å². The Labute approximate surface area is 77.0 Å². The molecule has 0 spiro atoms. The highest BCUT2D eigenvalue weighted by molar-refractivity contribution is 8.00. The van der Waals surface area contributed by atoms with Crippen molar-refractivity contribution in [3.63, 3.8) is 0 Å². The molecule has 2 nitrogen and oxygen atoms in total. The first-order valence-corrected chi connectivity index (χ1v) is 5.29. The number of hydrogen-bond donors (Lipinski definition) is 1. The smallest absolute Gasteiger partial charge is 0.113 e. The van der Waals surface area contributed by atoms with E-state index in [4.69, 9.17) is 4.74 Å². The number of allylic oxidation sites excluding steroid dienone is 1. The zero-order chi connectivity index (χ0) is 8.72. The minimum Gasteiger partial charge on any atom is -0.494 e. The summed E-state index contributed by atoms with van der Waals surface area (Å²) < 4.78 is 5.51. The van der Waals surface area contributed by atoms with Crippen molar-refractivity contribution in [3.05, 3.63) is 12.3 Å². The minimum atomic E-state index is -0.206. The Morgan fingerprint density at radius 1 is 1.67 bits per heavy atom. The van der Waals surface area contributed by atoms with Gasteiger partial charge < -0.3 is 9.84 Å². The fourth-order valence-corrected chi connectivity index (χ4v) is 3.29. The van der Waals surface area contributed by atoms with Gasteiger partial charge in [0, 0.05) is 23.3 Å². The molecule has 0 aromatic heterocycles. The molecule has 0 saturated carbocycles. The lowest BCUT2D eigenvalue weighted by atomic mass is 10.1. The van der Waals surface area contributed by atoms with Crippen LogP contribution in [-0.4, -0.2) is 27.8 Å². The van der Waals surface area contributed by atoms with Crippen molar-refractivity contribution in [3.8, 4) is 0 Å². The highest BCUT2D eigenvalue weighted by atomic mass is 32.2. The largest absolute Gasteiger partial charge is 0.494 e. The van der Waals surface area contributed by atoms with Crippen LogP contribution in [0.25, 0.3) is 0 Å². The normalized spacial score (nSPS) is 47.0. The summed E-state index contributed by atoms with van der Waals surface area (Å²) in [6.45, 7) is 5.89. The van der Waals surface area contributed by atoms with Gasteiger partial charge in [-0.15, -0.1) is 11.8 Å². The fourth-order valence-electron chi connectivity index (χ4n) is 1.83. The zero-order valence-corrected chi connectivity index (χ0v) is 8.01. The van der Waals surface area contributed by atoms with Crippen molar-refractivity contribution < 1.29 is 9.84 Å². The molecule has 2 aliphatic heterocycles. The zero-order valence-electron chi connectivity index (χ0n) is 7.19. The van der Waals surface area contributed by atoms with Crippen LogP contribution < -0.4 is 0 Å². The number of aliphatic hydroxyl groups excluding tert-OH is 1. The Balaban J connectivity index is 2.05. The maximum absolute atomic E-state index is 9.58. The molecule has 3 heteroatoms. The van der Waals surface area contributed by atoms with E-state index in [1.54, 1.807) is 0 Å². The van der Waals surface area contributed by atoms with Gasteiger partial charge in [0.2, 0.25) is 0 Å². The van der Waals surface area contributed by atoms with Crippen LogP contribution in [-0.2, 0) is 4.74 Å². The maximum atomic E-state index is 9.58. The monoisotopic (exact) mass is 186 g/mol. The van der Waals surface area contributed by atoms with E-state index in [0.29, 0.717) is 10.5 Å². The van der Waals surface area contributed by atoms with Crippen LogP contribution in [0.15, 0.2) is 12.3 Å². The van der Waals surface area contributed by atoms with Crippen LogP contribution in [0.3, 0.4) is 0 Å². The molecule has 0 bridgehead atoms. The van der Waals surface area contributed by atoms with Gasteiger partial charge in [-0.25, -0.2) is 0 Å². The average molecular weight is 186 g/mol. The third-order valence-electron chi connectivity index (χ3n) is 2.57. The lowest BCUT2D eigenvalue weighted by Gasteiger charge is -2.31. The van der Waals surface area contributed by atoms with Gasteiger partial charge in [-0.2, -0.15) is 0 Å². The Bertz CT molecular complexity index is 185. The molecule has 0 aliphatic carbocycles. The van der Waals surface area contributed by atoms with E-state index in [9.17, 15) is 5.11 Å². The second kappa shape index (κ2) is 2.96. The van der Waals surface area contributed by atoms with Gasteiger partial charge in [-0.1, -0.05) is 13.5 Å². The second-order valence-electron chi connectivity index (χ2n) is 3.58. The van der Waals surface area contributed by atoms with Gasteiger partial charge in [0.05, 0.1) is 11.9 Å². The van der Waals surface area contributed by atoms with Gasteiger partial charge in [0.1, 0.15) is 6.10 Å². The van der Waals surface area contributed by atoms with Crippen molar-refractivity contribution in [2.24, 2.45) is 0 Å². The summed E-state index contributed by atoms with van der Waals surface area (Å²) in [6.07, 6.45) is 1.75. The molecule has 2 heterocycles. The first-order chi connectivity index (χ1) is 5.66. The van der Waals surface area contributed by atoms with Crippen LogP contribution in [0.1, 0.15) is 19.8 Å². The molecule has 4 atom stereocenters. The Kier molecular flexibility index (Phi) is 2.09. The molecular weight excluding hydrogens is 172 g/mol. The number of ether oxygens (including phenoxy) is 1. The van der Waals surface area contributed by atoms with Gasteiger partial charge in [-0.05, 0) is 0 Å². The predicted molar refractivity (Wildman–Crippen MR) is 50.1 cm³/mol. The molecule has 2 rings (SSSR count). The highest BCUT2D eigenvalue weighted by Gasteiger charge is 2.40.